The predicted molar refractivity (Wildman–Crippen MR) is 56.4 cm³/mol. The van der Waals surface area contributed by atoms with Gasteiger partial charge in [-0.25, -0.2) is 8.78 Å². The van der Waals surface area contributed by atoms with Gasteiger partial charge < -0.3 is 9.84 Å². The third kappa shape index (κ3) is 2.72. The molecule has 0 radical (unpaired) electrons. The molecule has 0 unspecified atom stereocenters. The molecule has 1 aliphatic rings. The van der Waals surface area contributed by atoms with E-state index in [-0.39, 0.29) is 5.92 Å². The number of aliphatic carboxylic acids is 1. The Morgan fingerprint density at radius 3 is 2.76 bits per heavy atom. The zero-order valence-corrected chi connectivity index (χ0v) is 8.98. The lowest BCUT2D eigenvalue weighted by Gasteiger charge is -2.10. The summed E-state index contributed by atoms with van der Waals surface area (Å²) in [6, 6.07) is 6.76. The summed E-state index contributed by atoms with van der Waals surface area (Å²) in [5.41, 5.74) is 0.709. The Balaban J connectivity index is 2.09. The minimum Gasteiger partial charge on any atom is -0.487 e. The summed E-state index contributed by atoms with van der Waals surface area (Å²) in [4.78, 5) is 10.8. The summed E-state index contributed by atoms with van der Waals surface area (Å²) >= 11 is 0. The van der Waals surface area contributed by atoms with E-state index in [2.05, 4.69) is 0 Å². The van der Waals surface area contributed by atoms with Crippen molar-refractivity contribution in [2.24, 2.45) is 5.92 Å². The Kier molecular flexibility index (Phi) is 3.26. The quantitative estimate of drug-likeness (QED) is 0.863. The molecule has 1 aromatic rings. The van der Waals surface area contributed by atoms with Crippen LogP contribution in [0, 0.1) is 5.92 Å². The number of hydrogen-bond donors (Lipinski definition) is 1. The molecule has 0 aliphatic heterocycles. The van der Waals surface area contributed by atoms with Crippen LogP contribution in [-0.4, -0.2) is 24.1 Å². The van der Waals surface area contributed by atoms with Gasteiger partial charge in [0.1, 0.15) is 12.4 Å². The van der Waals surface area contributed by atoms with Crippen LogP contribution in [0.25, 0.3) is 0 Å². The lowest BCUT2D eigenvalue weighted by Crippen LogP contribution is -2.08. The number of alkyl halides is 2. The molecule has 0 saturated heterocycles. The van der Waals surface area contributed by atoms with Crippen molar-refractivity contribution in [1.82, 2.24) is 0 Å². The maximum atomic E-state index is 12.1. The molecule has 17 heavy (non-hydrogen) atoms. The van der Waals surface area contributed by atoms with Gasteiger partial charge in [-0.3, -0.25) is 4.79 Å². The average molecular weight is 242 g/mol. The monoisotopic (exact) mass is 242 g/mol. The Hall–Kier alpha value is -1.65. The van der Waals surface area contributed by atoms with Gasteiger partial charge in [0.05, 0.1) is 5.92 Å². The molecule has 0 heterocycles. The van der Waals surface area contributed by atoms with Gasteiger partial charge in [-0.15, -0.1) is 0 Å². The van der Waals surface area contributed by atoms with Gasteiger partial charge in [0, 0.05) is 5.92 Å². The molecule has 1 saturated carbocycles. The van der Waals surface area contributed by atoms with E-state index in [0.717, 1.165) is 0 Å². The largest absolute Gasteiger partial charge is 0.487 e. The van der Waals surface area contributed by atoms with Crippen molar-refractivity contribution in [2.75, 3.05) is 6.61 Å². The van der Waals surface area contributed by atoms with Crippen LogP contribution in [0.4, 0.5) is 8.78 Å². The van der Waals surface area contributed by atoms with Crippen molar-refractivity contribution in [3.63, 3.8) is 0 Å². The smallest absolute Gasteiger partial charge is 0.307 e. The molecule has 0 bridgehead atoms. The lowest BCUT2D eigenvalue weighted by atomic mass is 10.1. The number of carboxylic acids is 1. The van der Waals surface area contributed by atoms with Gasteiger partial charge in [0.2, 0.25) is 0 Å². The van der Waals surface area contributed by atoms with E-state index in [1.807, 2.05) is 0 Å². The number of halogens is 2. The van der Waals surface area contributed by atoms with Crippen LogP contribution in [0.1, 0.15) is 17.9 Å². The van der Waals surface area contributed by atoms with Gasteiger partial charge in [0.15, 0.2) is 0 Å². The molecule has 92 valence electrons. The molecule has 1 aliphatic carbocycles. The molecule has 1 aromatic carbocycles. The second-order valence-electron chi connectivity index (χ2n) is 4.03. The number of carbonyl (C=O) groups is 1. The zero-order valence-electron chi connectivity index (χ0n) is 8.98. The van der Waals surface area contributed by atoms with Crippen LogP contribution in [0.2, 0.25) is 0 Å². The van der Waals surface area contributed by atoms with Crippen molar-refractivity contribution in [3.8, 4) is 5.75 Å². The fourth-order valence-electron chi connectivity index (χ4n) is 1.88. The molecular formula is C12H12F2O3. The number of benzene rings is 1. The van der Waals surface area contributed by atoms with E-state index in [0.29, 0.717) is 17.7 Å². The predicted octanol–water partition coefficient (Wildman–Crippen LogP) is 2.52. The first kappa shape index (κ1) is 11.8. The third-order valence-corrected chi connectivity index (χ3v) is 2.79. The van der Waals surface area contributed by atoms with Crippen LogP contribution < -0.4 is 4.74 Å². The highest BCUT2D eigenvalue weighted by molar-refractivity contribution is 5.75. The summed E-state index contributed by atoms with van der Waals surface area (Å²) in [5, 5.41) is 8.83. The number of carboxylic acid groups (broad SMARTS) is 1. The standard InChI is InChI=1S/C12H12F2O3/c13-11(14)6-17-10-4-2-1-3-7(10)8-5-9(8)12(15)16/h1-4,8-9,11H,5-6H2,(H,15,16)/t8-,9+/m1/s1. The first-order valence-electron chi connectivity index (χ1n) is 5.32. The Morgan fingerprint density at radius 2 is 2.18 bits per heavy atom. The number of hydrogen-bond acceptors (Lipinski definition) is 2. The second kappa shape index (κ2) is 4.69. The summed E-state index contributed by atoms with van der Waals surface area (Å²) in [7, 11) is 0. The molecule has 0 spiro atoms. The molecule has 3 nitrogen and oxygen atoms in total. The maximum absolute atomic E-state index is 12.1. The summed E-state index contributed by atoms with van der Waals surface area (Å²) < 4.78 is 29.1. The van der Waals surface area contributed by atoms with E-state index >= 15 is 0 Å². The highest BCUT2D eigenvalue weighted by Crippen LogP contribution is 2.50. The maximum Gasteiger partial charge on any atom is 0.307 e. The Morgan fingerprint density at radius 1 is 1.47 bits per heavy atom. The fraction of sp³-hybridized carbons (Fsp3) is 0.417. The summed E-state index contributed by atoms with van der Waals surface area (Å²) in [5.74, 6) is -1.01. The topological polar surface area (TPSA) is 46.5 Å². The summed E-state index contributed by atoms with van der Waals surface area (Å²) in [6.07, 6.45) is -1.98. The number of ether oxygens (including phenoxy) is 1. The van der Waals surface area contributed by atoms with Crippen LogP contribution in [-0.2, 0) is 4.79 Å². The molecule has 5 heteroatoms. The van der Waals surface area contributed by atoms with Crippen molar-refractivity contribution >= 4 is 5.97 Å². The van der Waals surface area contributed by atoms with Gasteiger partial charge in [0.25, 0.3) is 6.43 Å². The van der Waals surface area contributed by atoms with Crippen LogP contribution in [0.15, 0.2) is 24.3 Å². The van der Waals surface area contributed by atoms with E-state index in [4.69, 9.17) is 9.84 Å². The van der Waals surface area contributed by atoms with Crippen molar-refractivity contribution in [3.05, 3.63) is 29.8 Å². The highest BCUT2D eigenvalue weighted by Gasteiger charge is 2.45. The van der Waals surface area contributed by atoms with Gasteiger partial charge in [-0.05, 0) is 18.1 Å². The van der Waals surface area contributed by atoms with Crippen molar-refractivity contribution in [2.45, 2.75) is 18.8 Å². The zero-order chi connectivity index (χ0) is 12.4. The van der Waals surface area contributed by atoms with E-state index in [1.165, 1.54) is 0 Å². The highest BCUT2D eigenvalue weighted by atomic mass is 19.3. The Labute approximate surface area is 97.0 Å². The van der Waals surface area contributed by atoms with Crippen LogP contribution in [0.3, 0.4) is 0 Å². The molecule has 1 N–H and O–H groups in total. The Bertz CT molecular complexity index is 420. The van der Waals surface area contributed by atoms with E-state index in [1.54, 1.807) is 24.3 Å². The lowest BCUT2D eigenvalue weighted by molar-refractivity contribution is -0.138. The van der Waals surface area contributed by atoms with Crippen LogP contribution in [0.5, 0.6) is 5.75 Å². The number of rotatable bonds is 5. The van der Waals surface area contributed by atoms with Crippen LogP contribution >= 0.6 is 0 Å². The number of para-hydroxylation sites is 1. The SMILES string of the molecule is O=C(O)[C@H]1C[C@@H]1c1ccccc1OCC(F)F. The molecular weight excluding hydrogens is 230 g/mol. The molecule has 1 fully saturated rings. The second-order valence-corrected chi connectivity index (χ2v) is 4.03. The summed E-state index contributed by atoms with van der Waals surface area (Å²) in [6.45, 7) is -0.665. The van der Waals surface area contributed by atoms with Gasteiger partial charge in [-0.1, -0.05) is 18.2 Å². The van der Waals surface area contributed by atoms with E-state index < -0.39 is 24.9 Å². The molecule has 0 aromatic heterocycles. The van der Waals surface area contributed by atoms with Crippen molar-refractivity contribution in [1.29, 1.82) is 0 Å². The minimum absolute atomic E-state index is 0.110. The normalized spacial score (nSPS) is 22.5. The van der Waals surface area contributed by atoms with Gasteiger partial charge >= 0.3 is 5.97 Å². The first-order chi connectivity index (χ1) is 8.09. The fourth-order valence-corrected chi connectivity index (χ4v) is 1.88. The van der Waals surface area contributed by atoms with Gasteiger partial charge in [-0.2, -0.15) is 0 Å². The van der Waals surface area contributed by atoms with Crippen molar-refractivity contribution < 1.29 is 23.4 Å². The minimum atomic E-state index is -2.53. The molecule has 0 amide bonds. The average Bonchev–Trinajstić information content (AvgIpc) is 3.06. The first-order valence-corrected chi connectivity index (χ1v) is 5.32. The van der Waals surface area contributed by atoms with E-state index in [9.17, 15) is 13.6 Å². The third-order valence-electron chi connectivity index (χ3n) is 2.79. The molecule has 2 atom stereocenters. The molecule has 2 rings (SSSR count).